The molecule has 0 N–H and O–H groups in total. The Morgan fingerprint density at radius 2 is 2.00 bits per heavy atom. The lowest BCUT2D eigenvalue weighted by atomic mass is 10.2. The molecule has 1 aromatic carbocycles. The average Bonchev–Trinajstić information content (AvgIpc) is 2.77. The lowest BCUT2D eigenvalue weighted by molar-refractivity contribution is 0.112. The van der Waals surface area contributed by atoms with E-state index in [1.807, 2.05) is 47.2 Å². The number of aromatic nitrogens is 2. The molecule has 4 heteroatoms. The molecule has 94 valence electrons. The van der Waals surface area contributed by atoms with Gasteiger partial charge in [-0.25, -0.2) is 4.98 Å². The second-order valence-corrected chi connectivity index (χ2v) is 4.69. The fourth-order valence-corrected chi connectivity index (χ4v) is 2.39. The van der Waals surface area contributed by atoms with Crippen LogP contribution in [-0.2, 0) is 6.54 Å². The van der Waals surface area contributed by atoms with Gasteiger partial charge in [0.05, 0.1) is 12.2 Å². The number of hydrogen-bond acceptors (Lipinski definition) is 2. The van der Waals surface area contributed by atoms with Crippen LogP contribution < -0.4 is 0 Å². The van der Waals surface area contributed by atoms with Crippen molar-refractivity contribution < 1.29 is 4.79 Å². The maximum absolute atomic E-state index is 11.1. The topological polar surface area (TPSA) is 34.9 Å². The van der Waals surface area contributed by atoms with Gasteiger partial charge >= 0.3 is 0 Å². The summed E-state index contributed by atoms with van der Waals surface area (Å²) < 4.78 is 2.01. The molecule has 0 radical (unpaired) electrons. The number of rotatable bonds is 3. The van der Waals surface area contributed by atoms with Crippen LogP contribution in [0.2, 0.25) is 5.15 Å². The first-order valence-corrected chi connectivity index (χ1v) is 6.30. The monoisotopic (exact) mass is 270 g/mol. The summed E-state index contributed by atoms with van der Waals surface area (Å²) in [6, 6.07) is 13.4. The molecule has 0 aliphatic rings. The molecule has 3 aromatic rings. The molecule has 0 fully saturated rings. The first-order chi connectivity index (χ1) is 9.28. The minimum atomic E-state index is 0.476. The third-order valence-corrected chi connectivity index (χ3v) is 3.26. The van der Waals surface area contributed by atoms with Gasteiger partial charge in [0.15, 0.2) is 6.29 Å². The van der Waals surface area contributed by atoms with E-state index in [-0.39, 0.29) is 0 Å². The van der Waals surface area contributed by atoms with Crippen LogP contribution in [0.25, 0.3) is 10.9 Å². The summed E-state index contributed by atoms with van der Waals surface area (Å²) >= 11 is 5.89. The molecule has 2 aromatic heterocycles. The summed E-state index contributed by atoms with van der Waals surface area (Å²) in [6.45, 7) is 0.592. The van der Waals surface area contributed by atoms with Crippen LogP contribution >= 0.6 is 11.6 Å². The molecule has 19 heavy (non-hydrogen) atoms. The Balaban J connectivity index is 2.08. The van der Waals surface area contributed by atoms with Gasteiger partial charge in [-0.3, -0.25) is 4.79 Å². The van der Waals surface area contributed by atoms with Crippen LogP contribution in [0.15, 0.2) is 48.7 Å². The number of aldehydes is 1. The number of carbonyl (C=O) groups excluding carboxylic acids is 1. The molecule has 0 saturated carbocycles. The summed E-state index contributed by atoms with van der Waals surface area (Å²) in [5.74, 6) is 0. The van der Waals surface area contributed by atoms with Crippen molar-refractivity contribution in [2.75, 3.05) is 0 Å². The van der Waals surface area contributed by atoms with E-state index >= 15 is 0 Å². The first-order valence-electron chi connectivity index (χ1n) is 5.92. The second kappa shape index (κ2) is 4.86. The van der Waals surface area contributed by atoms with Crippen LogP contribution in [0, 0.1) is 0 Å². The Morgan fingerprint density at radius 1 is 1.16 bits per heavy atom. The number of carbonyl (C=O) groups is 1. The fraction of sp³-hybridized carbons (Fsp3) is 0.0667. The third kappa shape index (κ3) is 2.25. The van der Waals surface area contributed by atoms with Gasteiger partial charge in [0.2, 0.25) is 0 Å². The van der Waals surface area contributed by atoms with E-state index in [4.69, 9.17) is 11.6 Å². The number of fused-ring (bicyclic) bond motifs is 1. The Hall–Kier alpha value is -2.13. The molecule has 0 spiro atoms. The number of benzene rings is 1. The zero-order valence-corrected chi connectivity index (χ0v) is 10.8. The van der Waals surface area contributed by atoms with Gasteiger partial charge in [-0.15, -0.1) is 0 Å². The van der Waals surface area contributed by atoms with Gasteiger partial charge in [-0.2, -0.15) is 0 Å². The zero-order valence-electron chi connectivity index (χ0n) is 10.1. The quantitative estimate of drug-likeness (QED) is 0.539. The van der Waals surface area contributed by atoms with Crippen molar-refractivity contribution in [3.8, 4) is 0 Å². The molecule has 2 heterocycles. The molecule has 3 rings (SSSR count). The fourth-order valence-electron chi connectivity index (χ4n) is 2.21. The van der Waals surface area contributed by atoms with Gasteiger partial charge in [0.1, 0.15) is 5.15 Å². The molecule has 0 atom stereocenters. The standard InChI is InChI=1S/C15H11ClN2O/c16-15-7-3-4-12(17-15)9-18-8-11(10-19)13-5-1-2-6-14(13)18/h1-8,10H,9H2. The second-order valence-electron chi connectivity index (χ2n) is 4.30. The smallest absolute Gasteiger partial charge is 0.152 e. The van der Waals surface area contributed by atoms with Gasteiger partial charge < -0.3 is 4.57 Å². The normalized spacial score (nSPS) is 10.8. The third-order valence-electron chi connectivity index (χ3n) is 3.05. The van der Waals surface area contributed by atoms with Crippen LogP contribution in [0.4, 0.5) is 0 Å². The average molecular weight is 271 g/mol. The Labute approximate surface area is 115 Å². The predicted molar refractivity (Wildman–Crippen MR) is 75.7 cm³/mol. The molecule has 3 nitrogen and oxygen atoms in total. The highest BCUT2D eigenvalue weighted by Gasteiger charge is 2.08. The van der Waals surface area contributed by atoms with E-state index in [9.17, 15) is 4.79 Å². The maximum Gasteiger partial charge on any atom is 0.152 e. The first kappa shape index (κ1) is 11.9. The van der Waals surface area contributed by atoms with Crippen molar-refractivity contribution in [2.24, 2.45) is 0 Å². The van der Waals surface area contributed by atoms with Crippen molar-refractivity contribution in [2.45, 2.75) is 6.54 Å². The van der Waals surface area contributed by atoms with Crippen molar-refractivity contribution in [1.29, 1.82) is 0 Å². The van der Waals surface area contributed by atoms with Crippen LogP contribution in [0.5, 0.6) is 0 Å². The number of hydrogen-bond donors (Lipinski definition) is 0. The van der Waals surface area contributed by atoms with Crippen molar-refractivity contribution >= 4 is 28.8 Å². The molecule has 0 amide bonds. The summed E-state index contributed by atoms with van der Waals surface area (Å²) in [7, 11) is 0. The lowest BCUT2D eigenvalue weighted by Gasteiger charge is -2.04. The Morgan fingerprint density at radius 3 is 2.79 bits per heavy atom. The largest absolute Gasteiger partial charge is 0.341 e. The highest BCUT2D eigenvalue weighted by Crippen LogP contribution is 2.21. The minimum Gasteiger partial charge on any atom is -0.341 e. The van der Waals surface area contributed by atoms with E-state index in [1.165, 1.54) is 0 Å². The summed E-state index contributed by atoms with van der Waals surface area (Å²) in [5, 5.41) is 1.43. The molecular formula is C15H11ClN2O. The van der Waals surface area contributed by atoms with Gasteiger partial charge in [0.25, 0.3) is 0 Å². The van der Waals surface area contributed by atoms with E-state index in [0.29, 0.717) is 17.3 Å². The van der Waals surface area contributed by atoms with E-state index < -0.39 is 0 Å². The van der Waals surface area contributed by atoms with Crippen molar-refractivity contribution in [3.05, 3.63) is 65.1 Å². The van der Waals surface area contributed by atoms with Crippen LogP contribution in [0.1, 0.15) is 16.1 Å². The zero-order chi connectivity index (χ0) is 13.2. The number of halogens is 1. The Kier molecular flexibility index (Phi) is 3.05. The van der Waals surface area contributed by atoms with Crippen molar-refractivity contribution in [1.82, 2.24) is 9.55 Å². The molecule has 0 unspecified atom stereocenters. The summed E-state index contributed by atoms with van der Waals surface area (Å²) in [4.78, 5) is 15.4. The SMILES string of the molecule is O=Cc1cn(Cc2cccc(Cl)n2)c2ccccc12. The van der Waals surface area contributed by atoms with Gasteiger partial charge in [-0.1, -0.05) is 35.9 Å². The van der Waals surface area contributed by atoms with Crippen LogP contribution in [-0.4, -0.2) is 15.8 Å². The molecular weight excluding hydrogens is 260 g/mol. The Bertz CT molecular complexity index is 749. The summed E-state index contributed by atoms with van der Waals surface area (Å²) in [5.41, 5.74) is 2.58. The maximum atomic E-state index is 11.1. The van der Waals surface area contributed by atoms with E-state index in [1.54, 1.807) is 6.07 Å². The van der Waals surface area contributed by atoms with Gasteiger partial charge in [-0.05, 0) is 18.2 Å². The summed E-state index contributed by atoms with van der Waals surface area (Å²) in [6.07, 6.45) is 2.73. The molecule has 0 bridgehead atoms. The number of pyridine rings is 1. The van der Waals surface area contributed by atoms with E-state index in [2.05, 4.69) is 4.98 Å². The minimum absolute atomic E-state index is 0.476. The molecule has 0 aliphatic carbocycles. The highest BCUT2D eigenvalue weighted by atomic mass is 35.5. The van der Waals surface area contributed by atoms with Crippen molar-refractivity contribution in [3.63, 3.8) is 0 Å². The molecule has 0 saturated heterocycles. The van der Waals surface area contributed by atoms with E-state index in [0.717, 1.165) is 22.9 Å². The van der Waals surface area contributed by atoms with Gasteiger partial charge in [0, 0.05) is 22.7 Å². The highest BCUT2D eigenvalue weighted by molar-refractivity contribution is 6.29. The number of nitrogens with zero attached hydrogens (tertiary/aromatic N) is 2. The molecule has 0 aliphatic heterocycles. The van der Waals surface area contributed by atoms with Crippen LogP contribution in [0.3, 0.4) is 0 Å². The number of para-hydroxylation sites is 1. The lowest BCUT2D eigenvalue weighted by Crippen LogP contribution is -2.00. The predicted octanol–water partition coefficient (Wildman–Crippen LogP) is 3.55.